The van der Waals surface area contributed by atoms with Crippen molar-refractivity contribution in [3.05, 3.63) is 0 Å². The quantitative estimate of drug-likeness (QED) is 0.0904. The van der Waals surface area contributed by atoms with Crippen LogP contribution in [0.1, 0.15) is 19.8 Å². The van der Waals surface area contributed by atoms with E-state index in [-0.39, 0.29) is 0 Å². The van der Waals surface area contributed by atoms with E-state index in [9.17, 15) is 60.0 Å². The van der Waals surface area contributed by atoms with Crippen LogP contribution in [0.25, 0.3) is 0 Å². The van der Waals surface area contributed by atoms with Crippen LogP contribution in [0.3, 0.4) is 0 Å². The van der Waals surface area contributed by atoms with E-state index in [1.54, 1.807) is 0 Å². The fourth-order valence-corrected chi connectivity index (χ4v) is 3.35. The minimum absolute atomic E-state index is 0.665. The van der Waals surface area contributed by atoms with E-state index in [0.717, 1.165) is 6.92 Å². The maximum absolute atomic E-state index is 11.0. The second kappa shape index (κ2) is 16.0. The molecule has 1 fully saturated rings. The van der Waals surface area contributed by atoms with Gasteiger partial charge in [0, 0.05) is 19.8 Å². The standard InChI is InChI=1S/C11H19NO9.C9H17NO8/c1-4(14)12-8(5(15)2-6(16)11(20)21)10(19)9(18)7(17)3-13;10-5-3(12)1-9(17,8(15)16)18-7(5)6(14)4(13)2-11/h5,7-10,13,15,17-19H,2-3H2,1H3,(H,12,14)(H,20,21);3-7,11-14,17H,1-2,10H2,(H,15,16)/t5-,7+,8+,9+,10+;3-,4+,5+,6+,7+,9-/m00/s1. The number of rotatable bonds is 13. The van der Waals surface area contributed by atoms with Crippen LogP contribution >= 0.6 is 0 Å². The van der Waals surface area contributed by atoms with Crippen LogP contribution in [0.15, 0.2) is 0 Å². The minimum atomic E-state index is -2.70. The molecule has 0 aromatic rings. The van der Waals surface area contributed by atoms with Crippen LogP contribution in [0, 0.1) is 0 Å². The van der Waals surface area contributed by atoms with Crippen molar-refractivity contribution >= 4 is 23.6 Å². The highest BCUT2D eigenvalue weighted by Crippen LogP contribution is 2.29. The summed E-state index contributed by atoms with van der Waals surface area (Å²) in [4.78, 5) is 43.3. The molecule has 0 aromatic carbocycles. The Kier molecular flexibility index (Phi) is 15.0. The topological polar surface area (TPSA) is 358 Å². The molecule has 0 bridgehead atoms. The van der Waals surface area contributed by atoms with Crippen LogP contribution in [0.5, 0.6) is 0 Å². The number of aliphatic carboxylic acids is 2. The fraction of sp³-hybridized carbons (Fsp3) is 0.800. The molecule has 15 N–H and O–H groups in total. The van der Waals surface area contributed by atoms with Gasteiger partial charge in [-0.2, -0.15) is 0 Å². The van der Waals surface area contributed by atoms with E-state index in [2.05, 4.69) is 0 Å². The van der Waals surface area contributed by atoms with Gasteiger partial charge in [-0.25, -0.2) is 9.59 Å². The number of aliphatic hydroxyl groups excluding tert-OH is 9. The first-order chi connectivity index (χ1) is 17.8. The van der Waals surface area contributed by atoms with Crippen LogP contribution in [-0.2, 0) is 23.9 Å². The van der Waals surface area contributed by atoms with E-state index in [4.69, 9.17) is 30.9 Å². The number of amides is 1. The Morgan fingerprint density at radius 1 is 0.949 bits per heavy atom. The van der Waals surface area contributed by atoms with Crippen LogP contribution in [0.4, 0.5) is 0 Å². The van der Waals surface area contributed by atoms with Gasteiger partial charge in [0.2, 0.25) is 11.7 Å². The lowest BCUT2D eigenvalue weighted by Gasteiger charge is -2.43. The number of carbonyl (C=O) groups is 4. The monoisotopic (exact) mass is 576 g/mol. The number of carboxylic acid groups (broad SMARTS) is 2. The predicted octanol–water partition coefficient (Wildman–Crippen LogP) is -8.08. The number of ether oxygens (including phenoxy) is 1. The number of nitrogens with two attached hydrogens (primary N) is 1. The summed E-state index contributed by atoms with van der Waals surface area (Å²) in [5, 5.41) is 113. The Hall–Kier alpha value is -2.40. The Labute approximate surface area is 220 Å². The lowest BCUT2D eigenvalue weighted by atomic mass is 9.89. The van der Waals surface area contributed by atoms with E-state index in [1.807, 2.05) is 5.32 Å². The van der Waals surface area contributed by atoms with Crippen LogP contribution < -0.4 is 11.1 Å². The summed E-state index contributed by atoms with van der Waals surface area (Å²) in [7, 11) is 0. The maximum Gasteiger partial charge on any atom is 0.372 e. The number of ketones is 1. The third-order valence-electron chi connectivity index (χ3n) is 5.61. The number of nitrogens with one attached hydrogen (secondary N) is 1. The Morgan fingerprint density at radius 3 is 1.87 bits per heavy atom. The summed E-state index contributed by atoms with van der Waals surface area (Å²) in [6.07, 6.45) is -15.4. The number of hydrogen-bond donors (Lipinski definition) is 14. The third kappa shape index (κ3) is 10.6. The molecule has 0 aromatic heterocycles. The Morgan fingerprint density at radius 2 is 1.46 bits per heavy atom. The molecule has 0 saturated carbocycles. The minimum Gasteiger partial charge on any atom is -0.477 e. The number of hydrogen-bond acceptors (Lipinski definition) is 16. The van der Waals surface area contributed by atoms with Crippen molar-refractivity contribution in [1.82, 2.24) is 5.32 Å². The molecule has 39 heavy (non-hydrogen) atoms. The summed E-state index contributed by atoms with van der Waals surface area (Å²) in [6, 6.07) is -2.82. The van der Waals surface area contributed by atoms with Crippen molar-refractivity contribution in [3.63, 3.8) is 0 Å². The zero-order valence-corrected chi connectivity index (χ0v) is 20.6. The molecule has 19 heteroatoms. The molecule has 0 unspecified atom stereocenters. The molecule has 1 aliphatic rings. The van der Waals surface area contributed by atoms with Gasteiger partial charge >= 0.3 is 11.9 Å². The summed E-state index contributed by atoms with van der Waals surface area (Å²) >= 11 is 0. The molecule has 0 radical (unpaired) electrons. The second-order valence-corrected chi connectivity index (χ2v) is 8.72. The van der Waals surface area contributed by atoms with Gasteiger partial charge in [-0.05, 0) is 0 Å². The zero-order chi connectivity index (χ0) is 30.8. The van der Waals surface area contributed by atoms with E-state index in [1.165, 1.54) is 0 Å². The Balaban J connectivity index is 0.000000748. The molecule has 19 nitrogen and oxygen atoms in total. The SMILES string of the molecule is CC(=O)N[C@@H]([C@@H](O)[C@H](O)[C@H](O)CO)[C@@H](O)CC(=O)C(=O)O.N[C@H]1[C@H]([C@H](O)[C@H](O)CO)O[C@](O)(C(=O)O)C[C@@H]1O. The van der Waals surface area contributed by atoms with Crippen LogP contribution in [-0.4, -0.2) is 165 Å². The summed E-state index contributed by atoms with van der Waals surface area (Å²) in [6.45, 7) is -0.676. The van der Waals surface area contributed by atoms with Gasteiger partial charge < -0.3 is 77.1 Å². The van der Waals surface area contributed by atoms with Gasteiger partial charge in [0.15, 0.2) is 0 Å². The van der Waals surface area contributed by atoms with Crippen molar-refractivity contribution in [2.24, 2.45) is 5.73 Å². The second-order valence-electron chi connectivity index (χ2n) is 8.72. The predicted molar refractivity (Wildman–Crippen MR) is 121 cm³/mol. The first-order valence-corrected chi connectivity index (χ1v) is 11.2. The molecular formula is C20H36N2O17. The highest BCUT2D eigenvalue weighted by atomic mass is 16.7. The summed E-state index contributed by atoms with van der Waals surface area (Å²) in [5.41, 5.74) is 5.51. The first kappa shape index (κ1) is 36.6. The molecular weight excluding hydrogens is 540 g/mol. The number of aliphatic hydroxyl groups is 10. The van der Waals surface area contributed by atoms with Gasteiger partial charge in [-0.3, -0.25) is 9.59 Å². The number of Topliss-reactive ketones (excluding diaryl/α,β-unsaturated/α-hetero) is 1. The van der Waals surface area contributed by atoms with E-state index in [0.29, 0.717) is 0 Å². The van der Waals surface area contributed by atoms with Crippen molar-refractivity contribution < 1.29 is 85.2 Å². The molecule has 0 aliphatic carbocycles. The van der Waals surface area contributed by atoms with E-state index >= 15 is 0 Å². The van der Waals surface area contributed by atoms with Crippen molar-refractivity contribution in [2.45, 2.75) is 86.5 Å². The fourth-order valence-electron chi connectivity index (χ4n) is 3.35. The van der Waals surface area contributed by atoms with Crippen LogP contribution in [0.2, 0.25) is 0 Å². The van der Waals surface area contributed by atoms with Gasteiger partial charge in [-0.15, -0.1) is 0 Å². The van der Waals surface area contributed by atoms with Gasteiger partial charge in [-0.1, -0.05) is 0 Å². The normalized spacial score (nSPS) is 28.4. The van der Waals surface area contributed by atoms with Crippen molar-refractivity contribution in [2.75, 3.05) is 13.2 Å². The van der Waals surface area contributed by atoms with Gasteiger partial charge in [0.05, 0.1) is 37.5 Å². The first-order valence-electron chi connectivity index (χ1n) is 11.2. The average Bonchev–Trinajstić information content (AvgIpc) is 2.86. The molecule has 11 atom stereocenters. The largest absolute Gasteiger partial charge is 0.477 e. The maximum atomic E-state index is 11.0. The van der Waals surface area contributed by atoms with Gasteiger partial charge in [0.25, 0.3) is 5.79 Å². The van der Waals surface area contributed by atoms with Gasteiger partial charge in [0.1, 0.15) is 36.6 Å². The molecule has 1 heterocycles. The average molecular weight is 577 g/mol. The lowest BCUT2D eigenvalue weighted by molar-refractivity contribution is -0.292. The molecule has 228 valence electrons. The highest BCUT2D eigenvalue weighted by molar-refractivity contribution is 6.32. The smallest absolute Gasteiger partial charge is 0.372 e. The Bertz CT molecular complexity index is 830. The molecule has 1 rings (SSSR count). The third-order valence-corrected chi connectivity index (χ3v) is 5.61. The van der Waals surface area contributed by atoms with E-state index < -0.39 is 116 Å². The van der Waals surface area contributed by atoms with Crippen molar-refractivity contribution in [1.29, 1.82) is 0 Å². The zero-order valence-electron chi connectivity index (χ0n) is 20.6. The molecule has 0 spiro atoms. The molecule has 1 aliphatic heterocycles. The summed E-state index contributed by atoms with van der Waals surface area (Å²) in [5.74, 6) is -8.34. The lowest BCUT2D eigenvalue weighted by Crippen LogP contribution is -2.65. The van der Waals surface area contributed by atoms with Crippen molar-refractivity contribution in [3.8, 4) is 0 Å². The molecule has 1 saturated heterocycles. The summed E-state index contributed by atoms with van der Waals surface area (Å²) < 4.78 is 4.75. The number of carbonyl (C=O) groups excluding carboxylic acids is 2. The molecule has 1 amide bonds. The highest BCUT2D eigenvalue weighted by Gasteiger charge is 2.52. The number of carboxylic acids is 2.